The summed E-state index contributed by atoms with van der Waals surface area (Å²) in [5.74, 6) is -3.83. The molecule has 1 heterocycles. The molecule has 3 nitrogen and oxygen atoms in total. The van der Waals surface area contributed by atoms with Crippen LogP contribution in [0.25, 0.3) is 0 Å². The van der Waals surface area contributed by atoms with Crippen LogP contribution in [0.5, 0.6) is 0 Å². The van der Waals surface area contributed by atoms with E-state index in [4.69, 9.17) is 5.11 Å². The van der Waals surface area contributed by atoms with Gasteiger partial charge in [0.05, 0.1) is 12.1 Å². The lowest BCUT2D eigenvalue weighted by Gasteiger charge is -2.11. The van der Waals surface area contributed by atoms with Gasteiger partial charge in [-0.3, -0.25) is 4.79 Å². The molecule has 1 atom stereocenters. The first-order chi connectivity index (χ1) is 7.23. The van der Waals surface area contributed by atoms with E-state index in [1.54, 1.807) is 0 Å². The molecule has 1 unspecified atom stereocenters. The number of nitrogens with zero attached hydrogens (tertiary/aromatic N) is 1. The van der Waals surface area contributed by atoms with E-state index in [1.807, 2.05) is 0 Å². The normalized spacial score (nSPS) is 13.6. The average Bonchev–Trinajstić information content (AvgIpc) is 2.15. The van der Waals surface area contributed by atoms with Crippen molar-refractivity contribution < 1.29 is 27.5 Å². The second kappa shape index (κ2) is 4.07. The van der Waals surface area contributed by atoms with Crippen molar-refractivity contribution in [3.63, 3.8) is 0 Å². The molecule has 1 aromatic rings. The van der Waals surface area contributed by atoms with Gasteiger partial charge < -0.3 is 5.11 Å². The maximum atomic E-state index is 13.1. The molecular weight excluding hydrogens is 230 g/mol. The number of aliphatic carboxylic acids is 1. The minimum absolute atomic E-state index is 0.373. The van der Waals surface area contributed by atoms with Crippen LogP contribution in [0.3, 0.4) is 0 Å². The topological polar surface area (TPSA) is 50.2 Å². The van der Waals surface area contributed by atoms with Crippen molar-refractivity contribution in [2.45, 2.75) is 19.0 Å². The van der Waals surface area contributed by atoms with Gasteiger partial charge in [0.25, 0.3) is 0 Å². The Hall–Kier alpha value is -1.66. The summed E-state index contributed by atoms with van der Waals surface area (Å²) in [5, 5.41) is 8.59. The Kier molecular flexibility index (Phi) is 3.16. The van der Waals surface area contributed by atoms with Crippen molar-refractivity contribution in [1.29, 1.82) is 0 Å². The van der Waals surface area contributed by atoms with Crippen LogP contribution in [0.4, 0.5) is 17.6 Å². The summed E-state index contributed by atoms with van der Waals surface area (Å²) in [6.07, 6.45) is -4.35. The van der Waals surface area contributed by atoms with E-state index < -0.39 is 35.1 Å². The van der Waals surface area contributed by atoms with Gasteiger partial charge in [-0.1, -0.05) is 0 Å². The number of carboxylic acids is 1. The molecule has 1 rings (SSSR count). The zero-order valence-corrected chi connectivity index (χ0v) is 8.05. The Morgan fingerprint density at radius 3 is 2.50 bits per heavy atom. The summed E-state index contributed by atoms with van der Waals surface area (Å²) in [6, 6.07) is 0.411. The highest BCUT2D eigenvalue weighted by atomic mass is 19.4. The van der Waals surface area contributed by atoms with Gasteiger partial charge >= 0.3 is 12.1 Å². The highest BCUT2D eigenvalue weighted by Gasteiger charge is 2.34. The van der Waals surface area contributed by atoms with Crippen LogP contribution in [0.1, 0.15) is 24.1 Å². The molecule has 0 aliphatic rings. The molecule has 88 valence electrons. The molecule has 7 heteroatoms. The quantitative estimate of drug-likeness (QED) is 0.803. The fourth-order valence-electron chi connectivity index (χ4n) is 1.07. The van der Waals surface area contributed by atoms with Crippen molar-refractivity contribution in [3.8, 4) is 0 Å². The first-order valence-corrected chi connectivity index (χ1v) is 4.19. The number of hydrogen-bond acceptors (Lipinski definition) is 2. The highest BCUT2D eigenvalue weighted by Crippen LogP contribution is 2.30. The average molecular weight is 237 g/mol. The molecule has 0 bridgehead atoms. The number of carbonyl (C=O) groups is 1. The Morgan fingerprint density at radius 1 is 1.50 bits per heavy atom. The number of rotatable bonds is 2. The number of aromatic nitrogens is 1. The lowest BCUT2D eigenvalue weighted by atomic mass is 10.0. The number of hydrogen-bond donors (Lipinski definition) is 1. The minimum atomic E-state index is -4.72. The van der Waals surface area contributed by atoms with Gasteiger partial charge in [-0.25, -0.2) is 9.37 Å². The maximum absolute atomic E-state index is 13.1. The van der Waals surface area contributed by atoms with Gasteiger partial charge in [0, 0.05) is 5.56 Å². The Bertz CT molecular complexity index is 416. The number of pyridine rings is 1. The van der Waals surface area contributed by atoms with Gasteiger partial charge in [-0.05, 0) is 13.0 Å². The van der Waals surface area contributed by atoms with Gasteiger partial charge in [0.2, 0.25) is 0 Å². The predicted molar refractivity (Wildman–Crippen MR) is 45.2 cm³/mol. The third-order valence-electron chi connectivity index (χ3n) is 2.01. The third-order valence-corrected chi connectivity index (χ3v) is 2.01. The molecule has 0 saturated heterocycles. The van der Waals surface area contributed by atoms with E-state index in [9.17, 15) is 22.4 Å². The van der Waals surface area contributed by atoms with E-state index in [0.717, 1.165) is 6.92 Å². The Balaban J connectivity index is 3.24. The van der Waals surface area contributed by atoms with E-state index in [2.05, 4.69) is 4.98 Å². The van der Waals surface area contributed by atoms with E-state index in [0.29, 0.717) is 12.3 Å². The van der Waals surface area contributed by atoms with Gasteiger partial charge in [-0.15, -0.1) is 0 Å². The van der Waals surface area contributed by atoms with E-state index in [1.165, 1.54) is 0 Å². The predicted octanol–water partition coefficient (Wildman–Crippen LogP) is 2.43. The van der Waals surface area contributed by atoms with Crippen LogP contribution in [0, 0.1) is 5.82 Å². The van der Waals surface area contributed by atoms with Crippen LogP contribution in [0.15, 0.2) is 12.3 Å². The summed E-state index contributed by atoms with van der Waals surface area (Å²) in [6.45, 7) is 1.10. The van der Waals surface area contributed by atoms with Crippen LogP contribution >= 0.6 is 0 Å². The lowest BCUT2D eigenvalue weighted by molar-refractivity contribution is -0.142. The zero-order chi connectivity index (χ0) is 12.5. The monoisotopic (exact) mass is 237 g/mol. The number of alkyl halides is 3. The van der Waals surface area contributed by atoms with E-state index >= 15 is 0 Å². The maximum Gasteiger partial charge on any atom is 0.433 e. The fourth-order valence-corrected chi connectivity index (χ4v) is 1.07. The molecule has 16 heavy (non-hydrogen) atoms. The minimum Gasteiger partial charge on any atom is -0.481 e. The SMILES string of the molecule is CC(C(=O)O)c1cc(C(F)(F)F)ncc1F. The van der Waals surface area contributed by atoms with Crippen molar-refractivity contribution in [3.05, 3.63) is 29.3 Å². The lowest BCUT2D eigenvalue weighted by Crippen LogP contribution is -2.14. The molecule has 0 aliphatic carbocycles. The van der Waals surface area contributed by atoms with Gasteiger partial charge in [0.15, 0.2) is 0 Å². The highest BCUT2D eigenvalue weighted by molar-refractivity contribution is 5.75. The largest absolute Gasteiger partial charge is 0.481 e. The molecular formula is C9H7F4NO2. The van der Waals surface area contributed by atoms with Crippen molar-refractivity contribution in [2.75, 3.05) is 0 Å². The summed E-state index contributed by atoms with van der Waals surface area (Å²) in [7, 11) is 0. The summed E-state index contributed by atoms with van der Waals surface area (Å²) < 4.78 is 49.8. The second-order valence-electron chi connectivity index (χ2n) is 3.15. The van der Waals surface area contributed by atoms with Crippen molar-refractivity contribution >= 4 is 5.97 Å². The molecule has 0 spiro atoms. The van der Waals surface area contributed by atoms with Gasteiger partial charge in [-0.2, -0.15) is 13.2 Å². The zero-order valence-electron chi connectivity index (χ0n) is 8.05. The molecule has 1 aromatic heterocycles. The number of carboxylic acid groups (broad SMARTS) is 1. The molecule has 0 aliphatic heterocycles. The molecule has 0 amide bonds. The molecule has 0 aromatic carbocycles. The molecule has 0 radical (unpaired) electrons. The summed E-state index contributed by atoms with van der Waals surface area (Å²) in [4.78, 5) is 13.4. The summed E-state index contributed by atoms with van der Waals surface area (Å²) in [5.41, 5.74) is -1.84. The fraction of sp³-hybridized carbons (Fsp3) is 0.333. The number of halogens is 4. The van der Waals surface area contributed by atoms with E-state index in [-0.39, 0.29) is 0 Å². The van der Waals surface area contributed by atoms with Crippen LogP contribution in [0.2, 0.25) is 0 Å². The van der Waals surface area contributed by atoms with Crippen LogP contribution in [-0.2, 0) is 11.0 Å². The standard InChI is InChI=1S/C9H7F4NO2/c1-4(8(15)16)5-2-7(9(11,12)13)14-3-6(5)10/h2-4H,1H3,(H,15,16). The molecule has 0 fully saturated rings. The van der Waals surface area contributed by atoms with Crippen molar-refractivity contribution in [1.82, 2.24) is 4.98 Å². The molecule has 0 saturated carbocycles. The summed E-state index contributed by atoms with van der Waals surface area (Å²) >= 11 is 0. The first kappa shape index (κ1) is 12.4. The van der Waals surface area contributed by atoms with Gasteiger partial charge in [0.1, 0.15) is 11.5 Å². The molecule has 1 N–H and O–H groups in total. The van der Waals surface area contributed by atoms with Crippen LogP contribution in [-0.4, -0.2) is 16.1 Å². The first-order valence-electron chi connectivity index (χ1n) is 4.19. The Labute approximate surface area is 87.7 Å². The van der Waals surface area contributed by atoms with Crippen LogP contribution < -0.4 is 0 Å². The smallest absolute Gasteiger partial charge is 0.433 e. The Morgan fingerprint density at radius 2 is 2.06 bits per heavy atom. The second-order valence-corrected chi connectivity index (χ2v) is 3.15. The third kappa shape index (κ3) is 2.47. The van der Waals surface area contributed by atoms with Crippen molar-refractivity contribution in [2.24, 2.45) is 0 Å².